The predicted octanol–water partition coefficient (Wildman–Crippen LogP) is 3.28. The van der Waals surface area contributed by atoms with Crippen LogP contribution in [0.25, 0.3) is 21.5 Å². The van der Waals surface area contributed by atoms with Gasteiger partial charge in [-0.15, -0.1) is 11.3 Å². The summed E-state index contributed by atoms with van der Waals surface area (Å²) < 4.78 is 14.2. The van der Waals surface area contributed by atoms with Crippen LogP contribution in [0, 0.1) is 5.82 Å². The van der Waals surface area contributed by atoms with Gasteiger partial charge in [0.25, 0.3) is 5.91 Å². The summed E-state index contributed by atoms with van der Waals surface area (Å²) in [4.78, 5) is 26.1. The molecule has 3 N–H and O–H groups in total. The summed E-state index contributed by atoms with van der Waals surface area (Å²) in [7, 11) is 0. The van der Waals surface area contributed by atoms with Crippen LogP contribution in [0.3, 0.4) is 0 Å². The van der Waals surface area contributed by atoms with Crippen LogP contribution in [0.5, 0.6) is 0 Å². The third kappa shape index (κ3) is 3.73. The van der Waals surface area contributed by atoms with E-state index in [1.165, 1.54) is 29.8 Å². The Hall–Kier alpha value is -3.23. The van der Waals surface area contributed by atoms with Crippen LogP contribution in [0.15, 0.2) is 54.3 Å². The van der Waals surface area contributed by atoms with E-state index in [0.717, 1.165) is 15.8 Å². The molecule has 0 atom stereocenters. The molecule has 8 heteroatoms. The van der Waals surface area contributed by atoms with Crippen LogP contribution in [0.1, 0.15) is 21.6 Å². The van der Waals surface area contributed by atoms with Crippen LogP contribution >= 0.6 is 11.3 Å². The van der Waals surface area contributed by atoms with Crippen molar-refractivity contribution in [1.29, 1.82) is 0 Å². The summed E-state index contributed by atoms with van der Waals surface area (Å²) >= 11 is 1.48. The molecule has 1 aromatic carbocycles. The molecule has 4 rings (SSSR count). The van der Waals surface area contributed by atoms with Crippen molar-refractivity contribution >= 4 is 27.5 Å². The van der Waals surface area contributed by atoms with Gasteiger partial charge in [-0.2, -0.15) is 0 Å². The summed E-state index contributed by atoms with van der Waals surface area (Å²) in [5, 5.41) is 5.49. The van der Waals surface area contributed by atoms with Crippen molar-refractivity contribution in [3.8, 4) is 11.3 Å². The van der Waals surface area contributed by atoms with E-state index < -0.39 is 11.7 Å². The van der Waals surface area contributed by atoms with E-state index in [-0.39, 0.29) is 12.1 Å². The Bertz CT molecular complexity index is 1160. The highest BCUT2D eigenvalue weighted by Crippen LogP contribution is 2.29. The molecule has 0 unspecified atom stereocenters. The first-order valence-electron chi connectivity index (χ1n) is 8.55. The number of carbonyl (C=O) groups is 1. The lowest BCUT2D eigenvalue weighted by molar-refractivity contribution is 0.0950. The van der Waals surface area contributed by atoms with Crippen molar-refractivity contribution < 1.29 is 9.18 Å². The van der Waals surface area contributed by atoms with Crippen LogP contribution < -0.4 is 11.1 Å². The Balaban J connectivity index is 1.60. The van der Waals surface area contributed by atoms with Gasteiger partial charge < -0.3 is 11.1 Å². The largest absolute Gasteiger partial charge is 0.346 e. The Morgan fingerprint density at radius 3 is 2.89 bits per heavy atom. The molecule has 0 saturated heterocycles. The van der Waals surface area contributed by atoms with E-state index in [1.807, 2.05) is 23.6 Å². The van der Waals surface area contributed by atoms with E-state index in [2.05, 4.69) is 20.3 Å². The number of fused-ring (bicyclic) bond motifs is 1. The molecule has 3 aromatic heterocycles. The average molecular weight is 393 g/mol. The third-order valence-corrected chi connectivity index (χ3v) is 5.06. The molecule has 0 spiro atoms. The first-order chi connectivity index (χ1) is 13.6. The minimum absolute atomic E-state index is 0.215. The van der Waals surface area contributed by atoms with E-state index >= 15 is 0 Å². The number of nitrogens with zero attached hydrogens (tertiary/aromatic N) is 3. The molecular formula is C20H16FN5OS. The molecule has 4 aromatic rings. The summed E-state index contributed by atoms with van der Waals surface area (Å²) in [6.45, 7) is 0.619. The quantitative estimate of drug-likeness (QED) is 0.543. The zero-order valence-electron chi connectivity index (χ0n) is 14.7. The highest BCUT2D eigenvalue weighted by atomic mass is 32.1. The fourth-order valence-electron chi connectivity index (χ4n) is 2.90. The maximum absolute atomic E-state index is 14.2. The second-order valence-electron chi connectivity index (χ2n) is 6.13. The lowest BCUT2D eigenvalue weighted by atomic mass is 10.0. The molecule has 0 aliphatic heterocycles. The van der Waals surface area contributed by atoms with Gasteiger partial charge in [0, 0.05) is 29.3 Å². The summed E-state index contributed by atoms with van der Waals surface area (Å²) in [6, 6.07) is 9.72. The Labute approximate surface area is 164 Å². The molecule has 0 aliphatic rings. The number of pyridine rings is 1. The van der Waals surface area contributed by atoms with E-state index in [9.17, 15) is 9.18 Å². The average Bonchev–Trinajstić information content (AvgIpc) is 3.20. The molecular weight excluding hydrogens is 377 g/mol. The highest BCUT2D eigenvalue weighted by molar-refractivity contribution is 7.16. The number of nitrogens with one attached hydrogen (secondary N) is 1. The zero-order valence-corrected chi connectivity index (χ0v) is 15.5. The van der Waals surface area contributed by atoms with Crippen molar-refractivity contribution in [3.05, 3.63) is 76.9 Å². The van der Waals surface area contributed by atoms with Gasteiger partial charge in [0.05, 0.1) is 17.9 Å². The maximum Gasteiger partial charge on any atom is 0.251 e. The lowest BCUT2D eigenvalue weighted by Crippen LogP contribution is -2.23. The molecule has 0 radical (unpaired) electrons. The van der Waals surface area contributed by atoms with Gasteiger partial charge in [-0.1, -0.05) is 0 Å². The smallest absolute Gasteiger partial charge is 0.251 e. The monoisotopic (exact) mass is 393 g/mol. The van der Waals surface area contributed by atoms with Gasteiger partial charge in [-0.25, -0.2) is 14.4 Å². The van der Waals surface area contributed by atoms with E-state index in [4.69, 9.17) is 5.73 Å². The summed E-state index contributed by atoms with van der Waals surface area (Å²) in [6.07, 6.45) is 3.08. The molecule has 3 heterocycles. The van der Waals surface area contributed by atoms with Crippen molar-refractivity contribution in [2.45, 2.75) is 13.1 Å². The van der Waals surface area contributed by atoms with Crippen LogP contribution in [0.4, 0.5) is 4.39 Å². The number of benzene rings is 1. The highest BCUT2D eigenvalue weighted by Gasteiger charge is 2.13. The number of rotatable bonds is 5. The van der Waals surface area contributed by atoms with Gasteiger partial charge in [0.2, 0.25) is 0 Å². The standard InChI is InChI=1S/C20H16FN5OS/c21-15-7-13(18-17-2-4-28-20(17)26-11-25-18)6-14(8-15)19(27)24-10-16-5-12(9-22)1-3-23-16/h1-8,11H,9-10,22H2,(H,24,27). The number of amides is 1. The Morgan fingerprint density at radius 2 is 2.04 bits per heavy atom. The molecule has 0 bridgehead atoms. The number of thiophene rings is 1. The minimum atomic E-state index is -0.507. The SMILES string of the molecule is NCc1ccnc(CNC(=O)c2cc(F)cc(-c3ncnc4sccc34)c2)c1. The Morgan fingerprint density at radius 1 is 1.14 bits per heavy atom. The summed E-state index contributed by atoms with van der Waals surface area (Å²) in [5.74, 6) is -0.899. The first-order valence-corrected chi connectivity index (χ1v) is 9.43. The predicted molar refractivity (Wildman–Crippen MR) is 106 cm³/mol. The zero-order chi connectivity index (χ0) is 19.5. The molecule has 28 heavy (non-hydrogen) atoms. The van der Waals surface area contributed by atoms with Crippen molar-refractivity contribution in [2.24, 2.45) is 5.73 Å². The maximum atomic E-state index is 14.2. The van der Waals surface area contributed by atoms with Gasteiger partial charge in [0.15, 0.2) is 0 Å². The van der Waals surface area contributed by atoms with E-state index in [1.54, 1.807) is 12.3 Å². The number of hydrogen-bond acceptors (Lipinski definition) is 6. The fourth-order valence-corrected chi connectivity index (χ4v) is 3.63. The van der Waals surface area contributed by atoms with Gasteiger partial charge >= 0.3 is 0 Å². The lowest BCUT2D eigenvalue weighted by Gasteiger charge is -2.09. The number of hydrogen-bond donors (Lipinski definition) is 2. The van der Waals surface area contributed by atoms with Crippen LogP contribution in [0.2, 0.25) is 0 Å². The molecule has 0 fully saturated rings. The third-order valence-electron chi connectivity index (χ3n) is 4.24. The second kappa shape index (κ2) is 7.79. The Kier molecular flexibility index (Phi) is 5.05. The van der Waals surface area contributed by atoms with Crippen molar-refractivity contribution in [2.75, 3.05) is 0 Å². The first kappa shape index (κ1) is 18.1. The number of aromatic nitrogens is 3. The van der Waals surface area contributed by atoms with Crippen LogP contribution in [-0.2, 0) is 13.1 Å². The molecule has 1 amide bonds. The van der Waals surface area contributed by atoms with Gasteiger partial charge in [-0.3, -0.25) is 9.78 Å². The fraction of sp³-hybridized carbons (Fsp3) is 0.100. The van der Waals surface area contributed by atoms with Gasteiger partial charge in [0.1, 0.15) is 17.0 Å². The summed E-state index contributed by atoms with van der Waals surface area (Å²) in [5.41, 5.74) is 8.57. The van der Waals surface area contributed by atoms with Crippen molar-refractivity contribution in [1.82, 2.24) is 20.3 Å². The van der Waals surface area contributed by atoms with Crippen molar-refractivity contribution in [3.63, 3.8) is 0 Å². The normalized spacial score (nSPS) is 10.9. The topological polar surface area (TPSA) is 93.8 Å². The molecule has 140 valence electrons. The second-order valence-corrected chi connectivity index (χ2v) is 7.03. The molecule has 6 nitrogen and oxygen atoms in total. The number of halogens is 1. The number of nitrogens with two attached hydrogens (primary N) is 1. The van der Waals surface area contributed by atoms with Crippen LogP contribution in [-0.4, -0.2) is 20.9 Å². The molecule has 0 saturated carbocycles. The van der Waals surface area contributed by atoms with Gasteiger partial charge in [-0.05, 0) is 47.3 Å². The molecule has 0 aliphatic carbocycles. The number of carbonyl (C=O) groups excluding carboxylic acids is 1. The van der Waals surface area contributed by atoms with E-state index in [0.29, 0.717) is 23.5 Å². The minimum Gasteiger partial charge on any atom is -0.346 e.